The van der Waals surface area contributed by atoms with Gasteiger partial charge in [-0.25, -0.2) is 9.78 Å². The SMILES string of the molecule is CNC(=O)NCC1CN(c2ccc(C(F)(F)F)nc2)CCO1. The van der Waals surface area contributed by atoms with E-state index >= 15 is 0 Å². The number of amides is 2. The second-order valence-electron chi connectivity index (χ2n) is 4.80. The molecule has 2 amide bonds. The Bertz CT molecular complexity index is 507. The molecule has 9 heteroatoms. The number of rotatable bonds is 3. The molecule has 0 radical (unpaired) electrons. The molecule has 1 unspecified atom stereocenters. The highest BCUT2D eigenvalue weighted by Crippen LogP contribution is 2.28. The van der Waals surface area contributed by atoms with Crippen LogP contribution >= 0.6 is 0 Å². The Morgan fingerprint density at radius 1 is 1.50 bits per heavy atom. The zero-order valence-corrected chi connectivity index (χ0v) is 12.0. The smallest absolute Gasteiger partial charge is 0.373 e. The van der Waals surface area contributed by atoms with E-state index in [1.54, 1.807) is 0 Å². The minimum atomic E-state index is -4.44. The molecule has 22 heavy (non-hydrogen) atoms. The largest absolute Gasteiger partial charge is 0.433 e. The molecule has 0 saturated carbocycles. The summed E-state index contributed by atoms with van der Waals surface area (Å²) in [6.45, 7) is 1.78. The number of hydrogen-bond donors (Lipinski definition) is 2. The predicted molar refractivity (Wildman–Crippen MR) is 73.7 cm³/mol. The van der Waals surface area contributed by atoms with Crippen molar-refractivity contribution in [1.82, 2.24) is 15.6 Å². The van der Waals surface area contributed by atoms with Crippen molar-refractivity contribution < 1.29 is 22.7 Å². The van der Waals surface area contributed by atoms with E-state index in [1.807, 2.05) is 4.90 Å². The Morgan fingerprint density at radius 3 is 2.86 bits per heavy atom. The van der Waals surface area contributed by atoms with Gasteiger partial charge in [-0.1, -0.05) is 0 Å². The molecule has 1 aliphatic heterocycles. The van der Waals surface area contributed by atoms with Gasteiger partial charge in [0.15, 0.2) is 0 Å². The summed E-state index contributed by atoms with van der Waals surface area (Å²) < 4.78 is 43.0. The maximum atomic E-state index is 12.5. The summed E-state index contributed by atoms with van der Waals surface area (Å²) in [6, 6.07) is 2.05. The lowest BCUT2D eigenvalue weighted by atomic mass is 10.2. The van der Waals surface area contributed by atoms with E-state index in [0.717, 1.165) is 6.07 Å². The summed E-state index contributed by atoms with van der Waals surface area (Å²) in [6.07, 6.45) is -3.46. The normalized spacial score (nSPS) is 18.9. The lowest BCUT2D eigenvalue weighted by Gasteiger charge is -2.34. The molecule has 2 heterocycles. The molecule has 1 saturated heterocycles. The molecule has 2 N–H and O–H groups in total. The molecule has 122 valence electrons. The zero-order valence-electron chi connectivity index (χ0n) is 12.0. The lowest BCUT2D eigenvalue weighted by molar-refractivity contribution is -0.141. The van der Waals surface area contributed by atoms with E-state index in [-0.39, 0.29) is 12.1 Å². The fourth-order valence-electron chi connectivity index (χ4n) is 2.11. The van der Waals surface area contributed by atoms with Crippen molar-refractivity contribution in [3.8, 4) is 0 Å². The summed E-state index contributed by atoms with van der Waals surface area (Å²) in [5, 5.41) is 5.07. The van der Waals surface area contributed by atoms with Gasteiger partial charge >= 0.3 is 12.2 Å². The van der Waals surface area contributed by atoms with E-state index in [0.29, 0.717) is 31.9 Å². The van der Waals surface area contributed by atoms with Crippen LogP contribution in [0.25, 0.3) is 0 Å². The minimum absolute atomic E-state index is 0.228. The molecule has 0 bridgehead atoms. The molecular weight excluding hydrogens is 301 g/mol. The van der Waals surface area contributed by atoms with Crippen molar-refractivity contribution in [3.63, 3.8) is 0 Å². The molecule has 1 aromatic rings. The van der Waals surface area contributed by atoms with Crippen molar-refractivity contribution in [1.29, 1.82) is 0 Å². The summed E-state index contributed by atoms with van der Waals surface area (Å²) in [5.74, 6) is 0. The van der Waals surface area contributed by atoms with Crippen molar-refractivity contribution in [2.75, 3.05) is 38.2 Å². The van der Waals surface area contributed by atoms with Gasteiger partial charge in [-0.3, -0.25) is 0 Å². The fourth-order valence-corrected chi connectivity index (χ4v) is 2.11. The first-order valence-electron chi connectivity index (χ1n) is 6.75. The highest BCUT2D eigenvalue weighted by atomic mass is 19.4. The highest BCUT2D eigenvalue weighted by molar-refractivity contribution is 5.73. The van der Waals surface area contributed by atoms with Gasteiger partial charge in [-0.2, -0.15) is 13.2 Å². The van der Waals surface area contributed by atoms with Crippen LogP contribution in [-0.4, -0.2) is 50.4 Å². The molecule has 1 aliphatic rings. The second kappa shape index (κ2) is 6.82. The molecule has 1 atom stereocenters. The molecule has 1 fully saturated rings. The van der Waals surface area contributed by atoms with Gasteiger partial charge in [0, 0.05) is 26.7 Å². The van der Waals surface area contributed by atoms with Gasteiger partial charge in [0.1, 0.15) is 5.69 Å². The number of halogens is 3. The van der Waals surface area contributed by atoms with Crippen LogP contribution in [0.4, 0.5) is 23.7 Å². The zero-order chi connectivity index (χ0) is 16.2. The third-order valence-corrected chi connectivity index (χ3v) is 3.26. The number of alkyl halides is 3. The van der Waals surface area contributed by atoms with Gasteiger partial charge in [0.2, 0.25) is 0 Å². The average Bonchev–Trinajstić information content (AvgIpc) is 2.52. The molecule has 0 spiro atoms. The standard InChI is InChI=1S/C13H17F3N4O2/c1-17-12(21)19-7-10-8-20(4-5-22-10)9-2-3-11(18-6-9)13(14,15)16/h2-3,6,10H,4-5,7-8H2,1H3,(H2,17,19,21). The van der Waals surface area contributed by atoms with Crippen LogP contribution in [0.3, 0.4) is 0 Å². The fraction of sp³-hybridized carbons (Fsp3) is 0.538. The maximum Gasteiger partial charge on any atom is 0.433 e. The number of nitrogens with one attached hydrogen (secondary N) is 2. The van der Waals surface area contributed by atoms with Gasteiger partial charge < -0.3 is 20.3 Å². The number of nitrogens with zero attached hydrogens (tertiary/aromatic N) is 2. The summed E-state index contributed by atoms with van der Waals surface area (Å²) >= 11 is 0. The van der Waals surface area contributed by atoms with Crippen LogP contribution in [0.2, 0.25) is 0 Å². The van der Waals surface area contributed by atoms with Crippen LogP contribution < -0.4 is 15.5 Å². The van der Waals surface area contributed by atoms with Gasteiger partial charge in [-0.15, -0.1) is 0 Å². The Balaban J connectivity index is 1.95. The number of carbonyl (C=O) groups excluding carboxylic acids is 1. The number of morpholine rings is 1. The summed E-state index contributed by atoms with van der Waals surface area (Å²) in [7, 11) is 1.51. The van der Waals surface area contributed by atoms with Gasteiger partial charge in [-0.05, 0) is 12.1 Å². The van der Waals surface area contributed by atoms with Crippen molar-refractivity contribution >= 4 is 11.7 Å². The first-order chi connectivity index (χ1) is 10.4. The topological polar surface area (TPSA) is 66.5 Å². The first-order valence-corrected chi connectivity index (χ1v) is 6.75. The van der Waals surface area contributed by atoms with E-state index in [2.05, 4.69) is 15.6 Å². The third kappa shape index (κ3) is 4.23. The molecule has 1 aromatic heterocycles. The Hall–Kier alpha value is -2.03. The van der Waals surface area contributed by atoms with Crippen molar-refractivity contribution in [3.05, 3.63) is 24.0 Å². The number of ether oxygens (including phenoxy) is 1. The highest BCUT2D eigenvalue weighted by Gasteiger charge is 2.32. The second-order valence-corrected chi connectivity index (χ2v) is 4.80. The van der Waals surface area contributed by atoms with E-state index in [1.165, 1.54) is 19.3 Å². The van der Waals surface area contributed by atoms with Crippen molar-refractivity contribution in [2.45, 2.75) is 12.3 Å². The van der Waals surface area contributed by atoms with E-state index < -0.39 is 11.9 Å². The molecule has 0 aromatic carbocycles. The quantitative estimate of drug-likeness (QED) is 0.880. The first kappa shape index (κ1) is 16.3. The Kier molecular flexibility index (Phi) is 5.07. The van der Waals surface area contributed by atoms with Crippen LogP contribution in [-0.2, 0) is 10.9 Å². The number of aromatic nitrogens is 1. The van der Waals surface area contributed by atoms with Crippen LogP contribution in [0.5, 0.6) is 0 Å². The maximum absolute atomic E-state index is 12.5. The monoisotopic (exact) mass is 318 g/mol. The number of pyridine rings is 1. The predicted octanol–water partition coefficient (Wildman–Crippen LogP) is 1.23. The third-order valence-electron chi connectivity index (χ3n) is 3.26. The number of hydrogen-bond acceptors (Lipinski definition) is 4. The molecular formula is C13H17F3N4O2. The average molecular weight is 318 g/mol. The molecule has 6 nitrogen and oxygen atoms in total. The minimum Gasteiger partial charge on any atom is -0.373 e. The van der Waals surface area contributed by atoms with Crippen LogP contribution in [0.15, 0.2) is 18.3 Å². The Labute approximate surface area is 125 Å². The van der Waals surface area contributed by atoms with E-state index in [9.17, 15) is 18.0 Å². The molecule has 2 rings (SSSR count). The number of anilines is 1. The number of urea groups is 1. The summed E-state index contributed by atoms with van der Waals surface area (Å²) in [4.78, 5) is 16.5. The summed E-state index contributed by atoms with van der Waals surface area (Å²) in [5.41, 5.74) is -0.316. The molecule has 0 aliphatic carbocycles. The Morgan fingerprint density at radius 2 is 2.27 bits per heavy atom. The van der Waals surface area contributed by atoms with Crippen molar-refractivity contribution in [2.24, 2.45) is 0 Å². The van der Waals surface area contributed by atoms with Gasteiger partial charge in [0.05, 0.1) is 24.6 Å². The number of carbonyl (C=O) groups is 1. The van der Waals surface area contributed by atoms with Gasteiger partial charge in [0.25, 0.3) is 0 Å². The van der Waals surface area contributed by atoms with Crippen LogP contribution in [0.1, 0.15) is 5.69 Å². The van der Waals surface area contributed by atoms with Crippen LogP contribution in [0, 0.1) is 0 Å². The van der Waals surface area contributed by atoms with E-state index in [4.69, 9.17) is 4.74 Å². The lowest BCUT2D eigenvalue weighted by Crippen LogP contribution is -2.48.